The van der Waals surface area contributed by atoms with Crippen molar-refractivity contribution in [2.45, 2.75) is 18.8 Å². The zero-order valence-electron chi connectivity index (χ0n) is 9.18. The number of benzene rings is 1. The van der Waals surface area contributed by atoms with Crippen LogP contribution >= 0.6 is 15.9 Å². The van der Waals surface area contributed by atoms with Gasteiger partial charge in [-0.1, -0.05) is 0 Å². The first-order valence-corrected chi connectivity index (χ1v) is 6.17. The third kappa shape index (κ3) is 1.63. The lowest BCUT2D eigenvalue weighted by molar-refractivity contribution is -0.384. The first-order chi connectivity index (χ1) is 8.08. The van der Waals surface area contributed by atoms with Crippen LogP contribution in [0, 0.1) is 10.1 Å². The van der Waals surface area contributed by atoms with Crippen molar-refractivity contribution >= 4 is 32.7 Å². The highest BCUT2D eigenvalue weighted by Crippen LogP contribution is 2.41. The molecule has 0 amide bonds. The van der Waals surface area contributed by atoms with Gasteiger partial charge in [-0.2, -0.15) is 0 Å². The van der Waals surface area contributed by atoms with E-state index in [2.05, 4.69) is 20.9 Å². The number of fused-ring (bicyclic) bond motifs is 1. The van der Waals surface area contributed by atoms with E-state index in [1.165, 1.54) is 6.07 Å². The molecule has 0 atom stereocenters. The Labute approximate surface area is 106 Å². The zero-order chi connectivity index (χ0) is 12.2. The number of rotatable bonds is 2. The van der Waals surface area contributed by atoms with Crippen LogP contribution in [0.15, 0.2) is 16.6 Å². The summed E-state index contributed by atoms with van der Waals surface area (Å²) in [4.78, 5) is 15.0. The maximum absolute atomic E-state index is 10.8. The number of halogens is 1. The van der Waals surface area contributed by atoms with Gasteiger partial charge >= 0.3 is 0 Å². The van der Waals surface area contributed by atoms with Crippen LogP contribution in [-0.2, 0) is 7.05 Å². The van der Waals surface area contributed by atoms with Crippen LogP contribution in [0.4, 0.5) is 5.69 Å². The number of nitro benzene ring substituents is 1. The van der Waals surface area contributed by atoms with Gasteiger partial charge in [0.15, 0.2) is 0 Å². The number of nitrogens with zero attached hydrogens (tertiary/aromatic N) is 3. The molecule has 1 aromatic heterocycles. The topological polar surface area (TPSA) is 61.0 Å². The Kier molecular flexibility index (Phi) is 2.22. The molecule has 6 heteroatoms. The fraction of sp³-hybridized carbons (Fsp3) is 0.364. The van der Waals surface area contributed by atoms with Crippen LogP contribution in [0.2, 0.25) is 0 Å². The van der Waals surface area contributed by atoms with Crippen LogP contribution in [0.1, 0.15) is 24.6 Å². The molecule has 0 spiro atoms. The molecule has 17 heavy (non-hydrogen) atoms. The Morgan fingerprint density at radius 2 is 2.24 bits per heavy atom. The van der Waals surface area contributed by atoms with Gasteiger partial charge in [0.05, 0.1) is 14.9 Å². The average Bonchev–Trinajstić information content (AvgIpc) is 3.05. The summed E-state index contributed by atoms with van der Waals surface area (Å²) in [6.07, 6.45) is 2.33. The lowest BCUT2D eigenvalue weighted by Crippen LogP contribution is -1.95. The lowest BCUT2D eigenvalue weighted by Gasteiger charge is -1.99. The van der Waals surface area contributed by atoms with Gasteiger partial charge in [-0.25, -0.2) is 4.98 Å². The molecule has 0 bridgehead atoms. The third-order valence-electron chi connectivity index (χ3n) is 3.11. The average molecular weight is 296 g/mol. The van der Waals surface area contributed by atoms with Crippen LogP contribution in [0.5, 0.6) is 0 Å². The Morgan fingerprint density at radius 1 is 1.53 bits per heavy atom. The number of imidazole rings is 1. The predicted molar refractivity (Wildman–Crippen MR) is 67.0 cm³/mol. The molecule has 5 nitrogen and oxygen atoms in total. The predicted octanol–water partition coefficient (Wildman–Crippen LogP) is 3.12. The molecule has 2 aromatic rings. The van der Waals surface area contributed by atoms with E-state index in [0.717, 1.165) is 29.7 Å². The highest BCUT2D eigenvalue weighted by atomic mass is 79.9. The molecule has 0 aliphatic heterocycles. The summed E-state index contributed by atoms with van der Waals surface area (Å²) in [5, 5.41) is 10.8. The van der Waals surface area contributed by atoms with Gasteiger partial charge in [0, 0.05) is 25.1 Å². The summed E-state index contributed by atoms with van der Waals surface area (Å²) in [6, 6.07) is 3.09. The van der Waals surface area contributed by atoms with Crippen molar-refractivity contribution in [2.24, 2.45) is 7.05 Å². The highest BCUT2D eigenvalue weighted by molar-refractivity contribution is 9.10. The van der Waals surface area contributed by atoms with E-state index in [0.29, 0.717) is 10.4 Å². The number of nitro groups is 1. The quantitative estimate of drug-likeness (QED) is 0.632. The fourth-order valence-corrected chi connectivity index (χ4v) is 2.59. The van der Waals surface area contributed by atoms with Crippen molar-refractivity contribution in [1.29, 1.82) is 0 Å². The summed E-state index contributed by atoms with van der Waals surface area (Å²) < 4.78 is 2.65. The second-order valence-corrected chi connectivity index (χ2v) is 5.21. The molecular weight excluding hydrogens is 286 g/mol. The normalized spacial score (nSPS) is 15.4. The molecular formula is C11H10BrN3O2. The number of hydrogen-bond acceptors (Lipinski definition) is 3. The van der Waals surface area contributed by atoms with Crippen molar-refractivity contribution in [3.05, 3.63) is 32.5 Å². The van der Waals surface area contributed by atoms with Crippen LogP contribution < -0.4 is 0 Å². The van der Waals surface area contributed by atoms with E-state index < -0.39 is 0 Å². The number of aryl methyl sites for hydroxylation is 1. The van der Waals surface area contributed by atoms with Crippen molar-refractivity contribution < 1.29 is 4.92 Å². The molecule has 1 saturated carbocycles. The largest absolute Gasteiger partial charge is 0.331 e. The number of hydrogen-bond donors (Lipinski definition) is 0. The second-order valence-electron chi connectivity index (χ2n) is 4.36. The van der Waals surface area contributed by atoms with Crippen LogP contribution in [-0.4, -0.2) is 14.5 Å². The van der Waals surface area contributed by atoms with E-state index in [4.69, 9.17) is 0 Å². The minimum absolute atomic E-state index is 0.0923. The molecule has 0 radical (unpaired) electrons. The minimum atomic E-state index is -0.381. The van der Waals surface area contributed by atoms with Gasteiger partial charge in [-0.05, 0) is 28.8 Å². The Morgan fingerprint density at radius 3 is 2.82 bits per heavy atom. The van der Waals surface area contributed by atoms with Crippen molar-refractivity contribution in [3.63, 3.8) is 0 Å². The summed E-state index contributed by atoms with van der Waals surface area (Å²) in [6.45, 7) is 0. The Hall–Kier alpha value is -1.43. The molecule has 1 fully saturated rings. The molecule has 0 unspecified atom stereocenters. The summed E-state index contributed by atoms with van der Waals surface area (Å²) >= 11 is 3.35. The standard InChI is InChI=1S/C11H10BrN3O2/c1-14-9-5-7(15(16)17)4-8(12)10(9)13-11(14)6-2-3-6/h4-6H,2-3H2,1H3. The molecule has 1 aliphatic rings. The first-order valence-electron chi connectivity index (χ1n) is 5.38. The fourth-order valence-electron chi connectivity index (χ4n) is 2.06. The van der Waals surface area contributed by atoms with E-state index in [9.17, 15) is 10.1 Å². The molecule has 1 aromatic carbocycles. The van der Waals surface area contributed by atoms with E-state index in [1.54, 1.807) is 6.07 Å². The van der Waals surface area contributed by atoms with Crippen molar-refractivity contribution in [1.82, 2.24) is 9.55 Å². The third-order valence-corrected chi connectivity index (χ3v) is 3.72. The first kappa shape index (κ1) is 10.7. The van der Waals surface area contributed by atoms with E-state index in [-0.39, 0.29) is 10.6 Å². The molecule has 0 saturated heterocycles. The maximum Gasteiger partial charge on any atom is 0.272 e. The highest BCUT2D eigenvalue weighted by Gasteiger charge is 2.29. The SMILES string of the molecule is Cn1c(C2CC2)nc2c(Br)cc([N+](=O)[O-])cc21. The maximum atomic E-state index is 10.8. The molecule has 1 heterocycles. The molecule has 3 rings (SSSR count). The molecule has 1 aliphatic carbocycles. The van der Waals surface area contributed by atoms with E-state index in [1.807, 2.05) is 11.6 Å². The Balaban J connectivity index is 2.29. The second kappa shape index (κ2) is 3.53. The molecule has 0 N–H and O–H groups in total. The lowest BCUT2D eigenvalue weighted by atomic mass is 10.3. The van der Waals surface area contributed by atoms with Gasteiger partial charge < -0.3 is 4.57 Å². The summed E-state index contributed by atoms with van der Waals surface area (Å²) in [7, 11) is 1.92. The van der Waals surface area contributed by atoms with Crippen LogP contribution in [0.25, 0.3) is 11.0 Å². The van der Waals surface area contributed by atoms with Crippen LogP contribution in [0.3, 0.4) is 0 Å². The monoisotopic (exact) mass is 295 g/mol. The van der Waals surface area contributed by atoms with Crippen molar-refractivity contribution in [2.75, 3.05) is 0 Å². The summed E-state index contributed by atoms with van der Waals surface area (Å²) in [5.41, 5.74) is 1.71. The van der Waals surface area contributed by atoms with Gasteiger partial charge in [0.1, 0.15) is 11.3 Å². The Bertz CT molecular complexity index is 631. The van der Waals surface area contributed by atoms with Gasteiger partial charge in [-0.3, -0.25) is 10.1 Å². The van der Waals surface area contributed by atoms with E-state index >= 15 is 0 Å². The van der Waals surface area contributed by atoms with Gasteiger partial charge in [-0.15, -0.1) is 0 Å². The minimum Gasteiger partial charge on any atom is -0.331 e. The zero-order valence-corrected chi connectivity index (χ0v) is 10.8. The summed E-state index contributed by atoms with van der Waals surface area (Å²) in [5.74, 6) is 1.56. The number of non-ortho nitro benzene ring substituents is 1. The van der Waals surface area contributed by atoms with Gasteiger partial charge in [0.25, 0.3) is 5.69 Å². The molecule has 88 valence electrons. The van der Waals surface area contributed by atoms with Gasteiger partial charge in [0.2, 0.25) is 0 Å². The van der Waals surface area contributed by atoms with Crippen molar-refractivity contribution in [3.8, 4) is 0 Å². The smallest absolute Gasteiger partial charge is 0.272 e. The number of aromatic nitrogens is 2.